The number of rotatable bonds is 8. The van der Waals surface area contributed by atoms with Crippen LogP contribution in [-0.4, -0.2) is 41.8 Å². The Hall–Kier alpha value is -1.92. The van der Waals surface area contributed by atoms with Crippen LogP contribution in [-0.2, 0) is 25.7 Å². The molecule has 0 aliphatic heterocycles. The molecule has 0 radical (unpaired) electrons. The van der Waals surface area contributed by atoms with E-state index in [2.05, 4.69) is 5.32 Å². The highest BCUT2D eigenvalue weighted by molar-refractivity contribution is 5.76. The summed E-state index contributed by atoms with van der Waals surface area (Å²) in [5, 5.41) is 11.8. The van der Waals surface area contributed by atoms with Crippen LogP contribution < -0.4 is 5.32 Å². The van der Waals surface area contributed by atoms with Gasteiger partial charge >= 0.3 is 11.9 Å². The number of carbonyl (C=O) groups is 2. The maximum absolute atomic E-state index is 11.6. The molecule has 0 aromatic heterocycles. The van der Waals surface area contributed by atoms with Crippen molar-refractivity contribution in [3.8, 4) is 0 Å². The zero-order chi connectivity index (χ0) is 16.6. The van der Waals surface area contributed by atoms with Crippen molar-refractivity contribution in [2.24, 2.45) is 0 Å². The summed E-state index contributed by atoms with van der Waals surface area (Å²) in [6.07, 6.45) is 0. The Labute approximate surface area is 130 Å². The van der Waals surface area contributed by atoms with Crippen molar-refractivity contribution >= 4 is 11.9 Å². The van der Waals surface area contributed by atoms with E-state index < -0.39 is 23.6 Å². The van der Waals surface area contributed by atoms with E-state index in [1.807, 2.05) is 30.3 Å². The molecule has 0 aliphatic carbocycles. The van der Waals surface area contributed by atoms with Gasteiger partial charge in [-0.15, -0.1) is 0 Å². The van der Waals surface area contributed by atoms with E-state index in [1.54, 1.807) is 20.8 Å². The van der Waals surface area contributed by atoms with E-state index in [0.29, 0.717) is 6.61 Å². The Kier molecular flexibility index (Phi) is 7.01. The van der Waals surface area contributed by atoms with E-state index in [-0.39, 0.29) is 13.2 Å². The third-order valence-corrected chi connectivity index (χ3v) is 2.61. The van der Waals surface area contributed by atoms with E-state index in [0.717, 1.165) is 5.56 Å². The average Bonchev–Trinajstić information content (AvgIpc) is 2.41. The summed E-state index contributed by atoms with van der Waals surface area (Å²) >= 11 is 0. The summed E-state index contributed by atoms with van der Waals surface area (Å²) in [5.74, 6) is -1.57. The molecule has 0 fully saturated rings. The molecule has 22 heavy (non-hydrogen) atoms. The van der Waals surface area contributed by atoms with Gasteiger partial charge in [-0.1, -0.05) is 30.3 Å². The van der Waals surface area contributed by atoms with Gasteiger partial charge in [0.1, 0.15) is 11.6 Å². The Morgan fingerprint density at radius 2 is 1.86 bits per heavy atom. The summed E-state index contributed by atoms with van der Waals surface area (Å²) in [7, 11) is 0. The first kappa shape index (κ1) is 18.1. The number of ether oxygens (including phenoxy) is 2. The molecule has 1 aromatic rings. The van der Waals surface area contributed by atoms with Crippen LogP contribution in [0.4, 0.5) is 0 Å². The van der Waals surface area contributed by atoms with Gasteiger partial charge in [-0.05, 0) is 26.3 Å². The Morgan fingerprint density at radius 1 is 1.23 bits per heavy atom. The number of carboxylic acids is 1. The van der Waals surface area contributed by atoms with Crippen LogP contribution in [0, 0.1) is 0 Å². The lowest BCUT2D eigenvalue weighted by Gasteiger charge is -2.20. The van der Waals surface area contributed by atoms with Crippen LogP contribution in [0.3, 0.4) is 0 Å². The van der Waals surface area contributed by atoms with Crippen molar-refractivity contribution in [3.63, 3.8) is 0 Å². The SMILES string of the molecule is CC(C)(C)OC(=O)CN[C@@H](COCc1ccccc1)C(=O)O. The van der Waals surface area contributed by atoms with Crippen LogP contribution >= 0.6 is 0 Å². The highest BCUT2D eigenvalue weighted by atomic mass is 16.6. The lowest BCUT2D eigenvalue weighted by molar-refractivity contribution is -0.154. The molecule has 2 N–H and O–H groups in total. The lowest BCUT2D eigenvalue weighted by atomic mass is 10.2. The molecule has 0 saturated heterocycles. The molecule has 1 rings (SSSR count). The summed E-state index contributed by atoms with van der Waals surface area (Å²) < 4.78 is 10.5. The summed E-state index contributed by atoms with van der Waals surface area (Å²) in [5.41, 5.74) is 0.361. The first-order valence-corrected chi connectivity index (χ1v) is 7.07. The monoisotopic (exact) mass is 309 g/mol. The van der Waals surface area contributed by atoms with E-state index in [9.17, 15) is 9.59 Å². The van der Waals surface area contributed by atoms with Crippen molar-refractivity contribution < 1.29 is 24.2 Å². The number of hydrogen-bond acceptors (Lipinski definition) is 5. The van der Waals surface area contributed by atoms with Gasteiger partial charge in [0.2, 0.25) is 0 Å². The molecule has 122 valence electrons. The highest BCUT2D eigenvalue weighted by Gasteiger charge is 2.21. The van der Waals surface area contributed by atoms with Crippen molar-refractivity contribution in [3.05, 3.63) is 35.9 Å². The number of nitrogens with one attached hydrogen (secondary N) is 1. The maximum Gasteiger partial charge on any atom is 0.323 e. The van der Waals surface area contributed by atoms with Gasteiger partial charge in [-0.3, -0.25) is 14.9 Å². The fourth-order valence-electron chi connectivity index (χ4n) is 1.67. The zero-order valence-electron chi connectivity index (χ0n) is 13.2. The second-order valence-corrected chi connectivity index (χ2v) is 5.86. The average molecular weight is 309 g/mol. The van der Waals surface area contributed by atoms with E-state index >= 15 is 0 Å². The lowest BCUT2D eigenvalue weighted by Crippen LogP contribution is -2.44. The Bertz CT molecular complexity index is 481. The first-order chi connectivity index (χ1) is 10.3. The zero-order valence-corrected chi connectivity index (χ0v) is 13.2. The van der Waals surface area contributed by atoms with Gasteiger partial charge < -0.3 is 14.6 Å². The van der Waals surface area contributed by atoms with Crippen molar-refractivity contribution in [2.45, 2.75) is 39.0 Å². The Morgan fingerprint density at radius 3 is 2.41 bits per heavy atom. The van der Waals surface area contributed by atoms with E-state index in [4.69, 9.17) is 14.6 Å². The minimum Gasteiger partial charge on any atom is -0.480 e. The first-order valence-electron chi connectivity index (χ1n) is 7.07. The van der Waals surface area contributed by atoms with Crippen LogP contribution in [0.1, 0.15) is 26.3 Å². The number of aliphatic carboxylic acids is 1. The van der Waals surface area contributed by atoms with Gasteiger partial charge in [0.15, 0.2) is 0 Å². The number of carbonyl (C=O) groups excluding carboxylic acids is 1. The number of esters is 1. The predicted octanol–water partition coefficient (Wildman–Crippen LogP) is 1.59. The summed E-state index contributed by atoms with van der Waals surface area (Å²) in [6.45, 7) is 5.36. The molecule has 1 aromatic carbocycles. The smallest absolute Gasteiger partial charge is 0.323 e. The quantitative estimate of drug-likeness (QED) is 0.709. The van der Waals surface area contributed by atoms with Gasteiger partial charge in [-0.2, -0.15) is 0 Å². The predicted molar refractivity (Wildman–Crippen MR) is 81.4 cm³/mol. The van der Waals surface area contributed by atoms with Crippen molar-refractivity contribution in [1.29, 1.82) is 0 Å². The normalized spacial score (nSPS) is 12.7. The fourth-order valence-corrected chi connectivity index (χ4v) is 1.67. The number of benzene rings is 1. The van der Waals surface area contributed by atoms with Crippen LogP contribution in [0.5, 0.6) is 0 Å². The molecule has 0 bridgehead atoms. The molecule has 0 amide bonds. The molecular formula is C16H23NO5. The van der Waals surface area contributed by atoms with E-state index in [1.165, 1.54) is 0 Å². The van der Waals surface area contributed by atoms with Gasteiger partial charge in [0, 0.05) is 0 Å². The van der Waals surface area contributed by atoms with Crippen LogP contribution in [0.25, 0.3) is 0 Å². The largest absolute Gasteiger partial charge is 0.480 e. The van der Waals surface area contributed by atoms with Crippen molar-refractivity contribution in [1.82, 2.24) is 5.32 Å². The summed E-state index contributed by atoms with van der Waals surface area (Å²) in [4.78, 5) is 22.7. The number of hydrogen-bond donors (Lipinski definition) is 2. The third-order valence-electron chi connectivity index (χ3n) is 2.61. The molecule has 0 unspecified atom stereocenters. The molecule has 6 heteroatoms. The minimum atomic E-state index is -1.07. The standard InChI is InChI=1S/C16H23NO5/c1-16(2,3)22-14(18)9-17-13(15(19)20)11-21-10-12-7-5-4-6-8-12/h4-8,13,17H,9-11H2,1-3H3,(H,19,20)/t13-/m0/s1. The van der Waals surface area contributed by atoms with Gasteiger partial charge in [-0.25, -0.2) is 0 Å². The number of carboxylic acid groups (broad SMARTS) is 1. The van der Waals surface area contributed by atoms with Crippen LogP contribution in [0.15, 0.2) is 30.3 Å². The van der Waals surface area contributed by atoms with Crippen LogP contribution in [0.2, 0.25) is 0 Å². The third kappa shape index (κ3) is 7.75. The molecule has 6 nitrogen and oxygen atoms in total. The molecular weight excluding hydrogens is 286 g/mol. The molecule has 0 spiro atoms. The van der Waals surface area contributed by atoms with Gasteiger partial charge in [0.25, 0.3) is 0 Å². The molecule has 0 aliphatic rings. The molecule has 1 atom stereocenters. The second kappa shape index (κ2) is 8.51. The van der Waals surface area contributed by atoms with Gasteiger partial charge in [0.05, 0.1) is 19.8 Å². The fraction of sp³-hybridized carbons (Fsp3) is 0.500. The topological polar surface area (TPSA) is 84.9 Å². The Balaban J connectivity index is 2.36. The summed E-state index contributed by atoms with van der Waals surface area (Å²) in [6, 6.07) is 8.48. The second-order valence-electron chi connectivity index (χ2n) is 5.86. The van der Waals surface area contributed by atoms with Crippen molar-refractivity contribution in [2.75, 3.05) is 13.2 Å². The minimum absolute atomic E-state index is 0.0347. The molecule has 0 saturated carbocycles. The highest BCUT2D eigenvalue weighted by Crippen LogP contribution is 2.06. The maximum atomic E-state index is 11.6. The molecule has 0 heterocycles.